The van der Waals surface area contributed by atoms with Gasteiger partial charge in [0.1, 0.15) is 0 Å². The Bertz CT molecular complexity index is 653. The second-order valence-corrected chi connectivity index (χ2v) is 5.97. The summed E-state index contributed by atoms with van der Waals surface area (Å²) in [6.45, 7) is -0.261. The van der Waals surface area contributed by atoms with Gasteiger partial charge in [-0.2, -0.15) is 0 Å². The maximum Gasteiger partial charge on any atom is 0.339 e. The number of benzene rings is 2. The second kappa shape index (κ2) is 7.43. The molecule has 2 rings (SSSR count). The summed E-state index contributed by atoms with van der Waals surface area (Å²) >= 11 is 4.77. The molecular formula is C16H13BrO3S. The van der Waals surface area contributed by atoms with Crippen molar-refractivity contribution in [1.29, 1.82) is 0 Å². The summed E-state index contributed by atoms with van der Waals surface area (Å²) in [5, 5.41) is 0. The molecule has 0 heterocycles. The van der Waals surface area contributed by atoms with Crippen molar-refractivity contribution in [3.05, 3.63) is 64.1 Å². The first kappa shape index (κ1) is 15.8. The van der Waals surface area contributed by atoms with Crippen LogP contribution in [0.15, 0.2) is 57.9 Å². The number of halogens is 1. The number of ether oxygens (including phenoxy) is 1. The number of hydrogen-bond acceptors (Lipinski definition) is 4. The Morgan fingerprint density at radius 1 is 1.10 bits per heavy atom. The van der Waals surface area contributed by atoms with Gasteiger partial charge in [0.15, 0.2) is 12.4 Å². The van der Waals surface area contributed by atoms with Gasteiger partial charge in [-0.25, -0.2) is 4.79 Å². The van der Waals surface area contributed by atoms with E-state index >= 15 is 0 Å². The second-order valence-electron chi connectivity index (χ2n) is 4.21. The van der Waals surface area contributed by atoms with Crippen LogP contribution in [0.5, 0.6) is 0 Å². The Labute approximate surface area is 135 Å². The fourth-order valence-electron chi connectivity index (χ4n) is 1.74. The Morgan fingerprint density at radius 2 is 1.76 bits per heavy atom. The molecule has 0 amide bonds. The van der Waals surface area contributed by atoms with E-state index in [2.05, 4.69) is 15.9 Å². The molecule has 0 spiro atoms. The van der Waals surface area contributed by atoms with Crippen molar-refractivity contribution in [2.75, 3.05) is 12.9 Å². The summed E-state index contributed by atoms with van der Waals surface area (Å²) < 4.78 is 6.00. The summed E-state index contributed by atoms with van der Waals surface area (Å²) in [6.07, 6.45) is 1.89. The monoisotopic (exact) mass is 364 g/mol. The van der Waals surface area contributed by atoms with Crippen LogP contribution in [0.4, 0.5) is 0 Å². The number of hydrogen-bond donors (Lipinski definition) is 0. The molecule has 0 aliphatic carbocycles. The third kappa shape index (κ3) is 4.19. The summed E-state index contributed by atoms with van der Waals surface area (Å²) in [7, 11) is 0. The largest absolute Gasteiger partial charge is 0.454 e. The molecule has 2 aromatic carbocycles. The molecule has 0 saturated carbocycles. The van der Waals surface area contributed by atoms with E-state index in [0.717, 1.165) is 9.37 Å². The van der Waals surface area contributed by atoms with Crippen LogP contribution in [0.3, 0.4) is 0 Å². The molecular weight excluding hydrogens is 352 g/mol. The standard InChI is InChI=1S/C16H13BrO3S/c1-21-15-5-3-2-4-13(15)16(19)20-10-14(18)11-6-8-12(17)9-7-11/h2-9H,10H2,1H3. The van der Waals surface area contributed by atoms with Crippen molar-refractivity contribution in [2.45, 2.75) is 4.90 Å². The summed E-state index contributed by atoms with van der Waals surface area (Å²) in [6, 6.07) is 14.1. The highest BCUT2D eigenvalue weighted by Crippen LogP contribution is 2.20. The van der Waals surface area contributed by atoms with Crippen molar-refractivity contribution in [2.24, 2.45) is 0 Å². The van der Waals surface area contributed by atoms with Gasteiger partial charge in [-0.05, 0) is 30.5 Å². The van der Waals surface area contributed by atoms with Gasteiger partial charge < -0.3 is 4.74 Å². The van der Waals surface area contributed by atoms with Gasteiger partial charge in [-0.3, -0.25) is 4.79 Å². The molecule has 0 aliphatic rings. The van der Waals surface area contributed by atoms with Crippen molar-refractivity contribution in [3.8, 4) is 0 Å². The molecule has 21 heavy (non-hydrogen) atoms. The molecule has 0 unspecified atom stereocenters. The average Bonchev–Trinajstić information content (AvgIpc) is 2.52. The molecule has 5 heteroatoms. The molecule has 0 fully saturated rings. The quantitative estimate of drug-likeness (QED) is 0.452. The van der Waals surface area contributed by atoms with Gasteiger partial charge in [-0.15, -0.1) is 11.8 Å². The summed E-state index contributed by atoms with van der Waals surface area (Å²) in [4.78, 5) is 24.8. The third-order valence-electron chi connectivity index (χ3n) is 2.83. The lowest BCUT2D eigenvalue weighted by Crippen LogP contribution is -2.14. The molecule has 0 saturated heterocycles. The first-order valence-electron chi connectivity index (χ1n) is 6.20. The minimum absolute atomic E-state index is 0.225. The van der Waals surface area contributed by atoms with Crippen molar-refractivity contribution < 1.29 is 14.3 Å². The molecule has 0 bridgehead atoms. The van der Waals surface area contributed by atoms with Crippen molar-refractivity contribution >= 4 is 39.4 Å². The number of carbonyl (C=O) groups excluding carboxylic acids is 2. The molecule has 0 N–H and O–H groups in total. The highest BCUT2D eigenvalue weighted by atomic mass is 79.9. The van der Waals surface area contributed by atoms with Crippen LogP contribution in [-0.2, 0) is 4.74 Å². The lowest BCUT2D eigenvalue weighted by Gasteiger charge is -2.07. The Kier molecular flexibility index (Phi) is 5.59. The zero-order chi connectivity index (χ0) is 15.2. The smallest absolute Gasteiger partial charge is 0.339 e. The first-order chi connectivity index (χ1) is 10.1. The van der Waals surface area contributed by atoms with E-state index in [1.54, 1.807) is 36.4 Å². The summed E-state index contributed by atoms with van der Waals surface area (Å²) in [5.74, 6) is -0.706. The lowest BCUT2D eigenvalue weighted by atomic mass is 10.1. The SMILES string of the molecule is CSc1ccccc1C(=O)OCC(=O)c1ccc(Br)cc1. The van der Waals surface area contributed by atoms with Crippen LogP contribution in [0, 0.1) is 0 Å². The van der Waals surface area contributed by atoms with Gasteiger partial charge >= 0.3 is 5.97 Å². The van der Waals surface area contributed by atoms with Crippen LogP contribution >= 0.6 is 27.7 Å². The maximum absolute atomic E-state index is 12.0. The Hall–Kier alpha value is -1.59. The summed E-state index contributed by atoms with van der Waals surface area (Å²) in [5.41, 5.74) is 0.998. The fourth-order valence-corrected chi connectivity index (χ4v) is 2.59. The van der Waals surface area contributed by atoms with Gasteiger partial charge in [-0.1, -0.05) is 40.2 Å². The highest BCUT2D eigenvalue weighted by molar-refractivity contribution is 9.10. The third-order valence-corrected chi connectivity index (χ3v) is 4.15. The topological polar surface area (TPSA) is 43.4 Å². The van der Waals surface area contributed by atoms with E-state index in [-0.39, 0.29) is 12.4 Å². The Morgan fingerprint density at radius 3 is 2.43 bits per heavy atom. The number of ketones is 1. The number of esters is 1. The molecule has 3 nitrogen and oxygen atoms in total. The number of rotatable bonds is 5. The zero-order valence-corrected chi connectivity index (χ0v) is 13.7. The molecule has 0 aromatic heterocycles. The van der Waals surface area contributed by atoms with Crippen LogP contribution in [-0.4, -0.2) is 24.6 Å². The molecule has 0 radical (unpaired) electrons. The molecule has 0 aliphatic heterocycles. The fraction of sp³-hybridized carbons (Fsp3) is 0.125. The highest BCUT2D eigenvalue weighted by Gasteiger charge is 2.14. The molecule has 0 atom stereocenters. The Balaban J connectivity index is 2.01. The average molecular weight is 365 g/mol. The minimum atomic E-state index is -0.481. The molecule has 108 valence electrons. The van der Waals surface area contributed by atoms with E-state index in [9.17, 15) is 9.59 Å². The van der Waals surface area contributed by atoms with Crippen LogP contribution < -0.4 is 0 Å². The van der Waals surface area contributed by atoms with E-state index in [1.807, 2.05) is 18.4 Å². The van der Waals surface area contributed by atoms with Crippen molar-refractivity contribution in [3.63, 3.8) is 0 Å². The van der Waals surface area contributed by atoms with Crippen LogP contribution in [0.1, 0.15) is 20.7 Å². The van der Waals surface area contributed by atoms with E-state index in [4.69, 9.17) is 4.74 Å². The van der Waals surface area contributed by atoms with Gasteiger partial charge in [0.25, 0.3) is 0 Å². The van der Waals surface area contributed by atoms with Crippen molar-refractivity contribution in [1.82, 2.24) is 0 Å². The predicted octanol–water partition coefficient (Wildman–Crippen LogP) is 4.21. The number of Topliss-reactive ketones (excluding diaryl/α,β-unsaturated/α-hetero) is 1. The van der Waals surface area contributed by atoms with Crippen LogP contribution in [0.25, 0.3) is 0 Å². The number of thioether (sulfide) groups is 1. The van der Waals surface area contributed by atoms with Gasteiger partial charge in [0.2, 0.25) is 0 Å². The van der Waals surface area contributed by atoms with E-state index in [0.29, 0.717) is 11.1 Å². The normalized spacial score (nSPS) is 10.2. The first-order valence-corrected chi connectivity index (χ1v) is 8.22. The minimum Gasteiger partial charge on any atom is -0.454 e. The lowest BCUT2D eigenvalue weighted by molar-refractivity contribution is 0.0471. The maximum atomic E-state index is 12.0. The molecule has 2 aromatic rings. The van der Waals surface area contributed by atoms with E-state index < -0.39 is 5.97 Å². The predicted molar refractivity (Wildman–Crippen MR) is 87.0 cm³/mol. The van der Waals surface area contributed by atoms with Gasteiger partial charge in [0.05, 0.1) is 5.56 Å². The van der Waals surface area contributed by atoms with Gasteiger partial charge in [0, 0.05) is 14.9 Å². The van der Waals surface area contributed by atoms with E-state index in [1.165, 1.54) is 11.8 Å². The zero-order valence-electron chi connectivity index (χ0n) is 11.3. The van der Waals surface area contributed by atoms with Crippen LogP contribution in [0.2, 0.25) is 0 Å². The number of carbonyl (C=O) groups is 2.